The van der Waals surface area contributed by atoms with Crippen molar-refractivity contribution in [1.29, 1.82) is 0 Å². The minimum absolute atomic E-state index is 0.127. The third-order valence-corrected chi connectivity index (χ3v) is 2.33. The van der Waals surface area contributed by atoms with Gasteiger partial charge in [0.2, 0.25) is 0 Å². The van der Waals surface area contributed by atoms with Gasteiger partial charge in [-0.25, -0.2) is 0 Å². The van der Waals surface area contributed by atoms with Crippen molar-refractivity contribution >= 4 is 0 Å². The summed E-state index contributed by atoms with van der Waals surface area (Å²) in [5.74, 6) is 0. The van der Waals surface area contributed by atoms with Gasteiger partial charge in [0, 0.05) is 12.1 Å². The molecule has 0 radical (unpaired) electrons. The molecule has 1 atom stereocenters. The zero-order valence-electron chi connectivity index (χ0n) is 8.56. The molecule has 0 saturated carbocycles. The summed E-state index contributed by atoms with van der Waals surface area (Å²) in [7, 11) is 0. The van der Waals surface area contributed by atoms with Crippen LogP contribution in [0.25, 0.3) is 0 Å². The lowest BCUT2D eigenvalue weighted by Gasteiger charge is -2.27. The summed E-state index contributed by atoms with van der Waals surface area (Å²) < 4.78 is 0. The summed E-state index contributed by atoms with van der Waals surface area (Å²) in [6, 6.07) is 0. The van der Waals surface area contributed by atoms with E-state index >= 15 is 0 Å². The van der Waals surface area contributed by atoms with Crippen LogP contribution in [0.4, 0.5) is 0 Å². The molecule has 0 aromatic heterocycles. The van der Waals surface area contributed by atoms with E-state index in [-0.39, 0.29) is 5.54 Å². The van der Waals surface area contributed by atoms with Gasteiger partial charge in [0.15, 0.2) is 0 Å². The molecule has 0 fully saturated rings. The number of hydrogen-bond donors (Lipinski definition) is 2. The SMILES string of the molecule is C/C=C/CCNC(C)(CC)CN. The molecule has 0 aromatic rings. The van der Waals surface area contributed by atoms with E-state index in [0.29, 0.717) is 6.54 Å². The maximum Gasteiger partial charge on any atom is 0.0273 e. The lowest BCUT2D eigenvalue weighted by molar-refractivity contribution is 0.356. The first-order valence-electron chi connectivity index (χ1n) is 4.74. The van der Waals surface area contributed by atoms with Crippen LogP contribution in [0, 0.1) is 0 Å². The van der Waals surface area contributed by atoms with E-state index in [2.05, 4.69) is 31.3 Å². The third kappa shape index (κ3) is 4.52. The summed E-state index contributed by atoms with van der Waals surface area (Å²) in [4.78, 5) is 0. The molecule has 0 saturated heterocycles. The minimum atomic E-state index is 0.127. The first kappa shape index (κ1) is 11.7. The van der Waals surface area contributed by atoms with E-state index in [9.17, 15) is 0 Å². The van der Waals surface area contributed by atoms with E-state index < -0.39 is 0 Å². The second-order valence-corrected chi connectivity index (χ2v) is 3.40. The quantitative estimate of drug-likeness (QED) is 0.470. The largest absolute Gasteiger partial charge is 0.329 e. The normalized spacial score (nSPS) is 16.7. The molecule has 0 aromatic carbocycles. The number of nitrogens with two attached hydrogens (primary N) is 1. The van der Waals surface area contributed by atoms with Crippen molar-refractivity contribution in [3.8, 4) is 0 Å². The maximum atomic E-state index is 5.65. The van der Waals surface area contributed by atoms with Gasteiger partial charge in [-0.1, -0.05) is 19.1 Å². The Labute approximate surface area is 76.2 Å². The maximum absolute atomic E-state index is 5.65. The van der Waals surface area contributed by atoms with Crippen molar-refractivity contribution in [2.24, 2.45) is 5.73 Å². The summed E-state index contributed by atoms with van der Waals surface area (Å²) in [5.41, 5.74) is 5.78. The summed E-state index contributed by atoms with van der Waals surface area (Å²) >= 11 is 0. The van der Waals surface area contributed by atoms with E-state index in [1.54, 1.807) is 0 Å². The van der Waals surface area contributed by atoms with Gasteiger partial charge in [-0.3, -0.25) is 0 Å². The lowest BCUT2D eigenvalue weighted by Crippen LogP contribution is -2.48. The van der Waals surface area contributed by atoms with Crippen molar-refractivity contribution in [3.63, 3.8) is 0 Å². The molecule has 1 unspecified atom stereocenters. The molecule has 0 spiro atoms. The summed E-state index contributed by atoms with van der Waals surface area (Å²) in [5, 5.41) is 3.45. The van der Waals surface area contributed by atoms with E-state index in [4.69, 9.17) is 5.73 Å². The first-order valence-corrected chi connectivity index (χ1v) is 4.74. The van der Waals surface area contributed by atoms with Crippen LogP contribution in [-0.2, 0) is 0 Å². The van der Waals surface area contributed by atoms with Crippen LogP contribution in [-0.4, -0.2) is 18.6 Å². The standard InChI is InChI=1S/C10H22N2/c1-4-6-7-8-12-10(3,5-2)9-11/h4,6,12H,5,7-9,11H2,1-3H3/b6-4+. The van der Waals surface area contributed by atoms with Gasteiger partial charge in [0.25, 0.3) is 0 Å². The molecule has 12 heavy (non-hydrogen) atoms. The molecule has 0 aliphatic rings. The molecule has 0 heterocycles. The van der Waals surface area contributed by atoms with Crippen molar-refractivity contribution in [2.75, 3.05) is 13.1 Å². The zero-order chi connectivity index (χ0) is 9.45. The monoisotopic (exact) mass is 170 g/mol. The van der Waals surface area contributed by atoms with Crippen LogP contribution >= 0.6 is 0 Å². The van der Waals surface area contributed by atoms with Gasteiger partial charge in [0.05, 0.1) is 0 Å². The average molecular weight is 170 g/mol. The van der Waals surface area contributed by atoms with Crippen LogP contribution in [0.2, 0.25) is 0 Å². The molecule has 72 valence electrons. The second-order valence-electron chi connectivity index (χ2n) is 3.40. The molecular formula is C10H22N2. The van der Waals surface area contributed by atoms with E-state index in [1.165, 1.54) is 0 Å². The summed E-state index contributed by atoms with van der Waals surface area (Å²) in [6.45, 7) is 8.10. The molecular weight excluding hydrogens is 148 g/mol. The highest BCUT2D eigenvalue weighted by atomic mass is 15.0. The first-order chi connectivity index (χ1) is 5.68. The highest BCUT2D eigenvalue weighted by molar-refractivity contribution is 4.85. The summed E-state index contributed by atoms with van der Waals surface area (Å²) in [6.07, 6.45) is 6.42. The van der Waals surface area contributed by atoms with Crippen LogP contribution in [0.1, 0.15) is 33.6 Å². The average Bonchev–Trinajstić information content (AvgIpc) is 2.12. The van der Waals surface area contributed by atoms with E-state index in [1.807, 2.05) is 6.92 Å². The highest BCUT2D eigenvalue weighted by Gasteiger charge is 2.17. The topological polar surface area (TPSA) is 38.0 Å². The molecule has 0 bridgehead atoms. The predicted octanol–water partition coefficient (Wildman–Crippen LogP) is 1.67. The van der Waals surface area contributed by atoms with Gasteiger partial charge in [-0.05, 0) is 33.2 Å². The van der Waals surface area contributed by atoms with Crippen molar-refractivity contribution in [3.05, 3.63) is 12.2 Å². The molecule has 2 heteroatoms. The molecule has 3 N–H and O–H groups in total. The van der Waals surface area contributed by atoms with Crippen LogP contribution < -0.4 is 11.1 Å². The number of rotatable bonds is 6. The fourth-order valence-corrected chi connectivity index (χ4v) is 0.965. The van der Waals surface area contributed by atoms with Crippen LogP contribution in [0.15, 0.2) is 12.2 Å². The number of nitrogens with one attached hydrogen (secondary N) is 1. The van der Waals surface area contributed by atoms with Crippen LogP contribution in [0.5, 0.6) is 0 Å². The number of allylic oxidation sites excluding steroid dienone is 1. The Bertz CT molecular complexity index is 126. The predicted molar refractivity (Wildman–Crippen MR) is 55.2 cm³/mol. The van der Waals surface area contributed by atoms with E-state index in [0.717, 1.165) is 19.4 Å². The van der Waals surface area contributed by atoms with Crippen molar-refractivity contribution < 1.29 is 0 Å². The van der Waals surface area contributed by atoms with Gasteiger partial charge in [-0.15, -0.1) is 0 Å². The van der Waals surface area contributed by atoms with Gasteiger partial charge in [0.1, 0.15) is 0 Å². The number of hydrogen-bond acceptors (Lipinski definition) is 2. The molecule has 0 aliphatic heterocycles. The Morgan fingerprint density at radius 1 is 1.50 bits per heavy atom. The Morgan fingerprint density at radius 3 is 2.58 bits per heavy atom. The Balaban J connectivity index is 3.58. The van der Waals surface area contributed by atoms with Crippen LogP contribution in [0.3, 0.4) is 0 Å². The highest BCUT2D eigenvalue weighted by Crippen LogP contribution is 2.05. The Morgan fingerprint density at radius 2 is 2.17 bits per heavy atom. The fourth-order valence-electron chi connectivity index (χ4n) is 0.965. The zero-order valence-corrected chi connectivity index (χ0v) is 8.56. The fraction of sp³-hybridized carbons (Fsp3) is 0.800. The van der Waals surface area contributed by atoms with Crippen molar-refractivity contribution in [2.45, 2.75) is 39.2 Å². The van der Waals surface area contributed by atoms with Crippen molar-refractivity contribution in [1.82, 2.24) is 5.32 Å². The lowest BCUT2D eigenvalue weighted by atomic mass is 9.99. The molecule has 2 nitrogen and oxygen atoms in total. The molecule has 0 amide bonds. The van der Waals surface area contributed by atoms with Gasteiger partial charge in [-0.2, -0.15) is 0 Å². The second kappa shape index (κ2) is 6.21. The minimum Gasteiger partial charge on any atom is -0.329 e. The Kier molecular flexibility index (Phi) is 6.03. The molecule has 0 aliphatic carbocycles. The van der Waals surface area contributed by atoms with Gasteiger partial charge < -0.3 is 11.1 Å². The third-order valence-electron chi connectivity index (χ3n) is 2.33. The molecule has 0 rings (SSSR count). The smallest absolute Gasteiger partial charge is 0.0273 e. The van der Waals surface area contributed by atoms with Gasteiger partial charge >= 0.3 is 0 Å². The Hall–Kier alpha value is -0.340.